The van der Waals surface area contributed by atoms with Crippen molar-refractivity contribution in [2.75, 3.05) is 0 Å². The summed E-state index contributed by atoms with van der Waals surface area (Å²) in [4.78, 5) is 8.93. The minimum Gasteiger partial charge on any atom is -0.324 e. The van der Waals surface area contributed by atoms with Crippen LogP contribution in [-0.4, -0.2) is 9.97 Å². The summed E-state index contributed by atoms with van der Waals surface area (Å²) in [5.41, 5.74) is 8.78. The summed E-state index contributed by atoms with van der Waals surface area (Å²) in [5, 5.41) is 0.322. The Hall–Kier alpha value is -1.52. The molecule has 104 valence electrons. The van der Waals surface area contributed by atoms with E-state index in [-0.39, 0.29) is 11.9 Å². The van der Waals surface area contributed by atoms with Crippen LogP contribution in [0.3, 0.4) is 0 Å². The van der Waals surface area contributed by atoms with Gasteiger partial charge in [-0.3, -0.25) is 0 Å². The topological polar surface area (TPSA) is 51.8 Å². The maximum absolute atomic E-state index is 13.1. The second-order valence-corrected chi connectivity index (χ2v) is 5.48. The highest BCUT2D eigenvalue weighted by atomic mass is 35.5. The number of nitrogens with zero attached hydrogens (tertiary/aromatic N) is 2. The summed E-state index contributed by atoms with van der Waals surface area (Å²) in [5.74, 6) is 0.165. The van der Waals surface area contributed by atoms with E-state index in [9.17, 15) is 4.39 Å². The van der Waals surface area contributed by atoms with E-state index in [0.717, 1.165) is 36.9 Å². The van der Waals surface area contributed by atoms with Crippen molar-refractivity contribution in [3.8, 4) is 11.4 Å². The number of hydrogen-bond donors (Lipinski definition) is 1. The number of aromatic nitrogens is 2. The first-order chi connectivity index (χ1) is 9.65. The van der Waals surface area contributed by atoms with Crippen molar-refractivity contribution >= 4 is 11.6 Å². The van der Waals surface area contributed by atoms with Gasteiger partial charge in [0.05, 0.1) is 5.02 Å². The summed E-state index contributed by atoms with van der Waals surface area (Å²) in [6, 6.07) is 4.25. The molecule has 5 heteroatoms. The van der Waals surface area contributed by atoms with Gasteiger partial charge in [-0.2, -0.15) is 0 Å². The summed E-state index contributed by atoms with van der Waals surface area (Å²) >= 11 is 6.06. The molecule has 0 bridgehead atoms. The van der Waals surface area contributed by atoms with Gasteiger partial charge in [-0.1, -0.05) is 18.0 Å². The molecule has 0 fully saturated rings. The zero-order valence-electron chi connectivity index (χ0n) is 10.9. The smallest absolute Gasteiger partial charge is 0.160 e. The van der Waals surface area contributed by atoms with Gasteiger partial charge in [0, 0.05) is 29.1 Å². The SMILES string of the molecule is NC1CCCCc2nc(-c3ccc(F)cc3Cl)ncc21. The maximum Gasteiger partial charge on any atom is 0.160 e. The molecular weight excluding hydrogens is 277 g/mol. The van der Waals surface area contributed by atoms with Crippen LogP contribution in [0.1, 0.15) is 36.6 Å². The zero-order valence-corrected chi connectivity index (χ0v) is 11.7. The fraction of sp³-hybridized carbons (Fsp3) is 0.333. The van der Waals surface area contributed by atoms with E-state index >= 15 is 0 Å². The lowest BCUT2D eigenvalue weighted by atomic mass is 10.1. The van der Waals surface area contributed by atoms with Crippen molar-refractivity contribution < 1.29 is 4.39 Å². The van der Waals surface area contributed by atoms with E-state index < -0.39 is 0 Å². The van der Waals surface area contributed by atoms with E-state index in [0.29, 0.717) is 16.4 Å². The third-order valence-corrected chi connectivity index (χ3v) is 3.96. The van der Waals surface area contributed by atoms with Gasteiger partial charge in [-0.25, -0.2) is 14.4 Å². The molecule has 1 aliphatic rings. The van der Waals surface area contributed by atoms with Crippen LogP contribution in [0.2, 0.25) is 5.02 Å². The van der Waals surface area contributed by atoms with Crippen LogP contribution < -0.4 is 5.73 Å². The largest absolute Gasteiger partial charge is 0.324 e. The van der Waals surface area contributed by atoms with Gasteiger partial charge in [0.15, 0.2) is 5.82 Å². The van der Waals surface area contributed by atoms with E-state index in [1.807, 2.05) is 0 Å². The van der Waals surface area contributed by atoms with E-state index in [1.54, 1.807) is 12.3 Å². The van der Waals surface area contributed by atoms with Crippen molar-refractivity contribution in [2.45, 2.75) is 31.7 Å². The predicted molar refractivity (Wildman–Crippen MR) is 76.9 cm³/mol. The number of fused-ring (bicyclic) bond motifs is 1. The third kappa shape index (κ3) is 2.53. The third-order valence-electron chi connectivity index (χ3n) is 3.65. The summed E-state index contributed by atoms with van der Waals surface area (Å²) in [7, 11) is 0. The van der Waals surface area contributed by atoms with Gasteiger partial charge in [0.2, 0.25) is 0 Å². The summed E-state index contributed by atoms with van der Waals surface area (Å²) in [6.07, 6.45) is 5.83. The molecular formula is C15H15ClFN3. The highest BCUT2D eigenvalue weighted by molar-refractivity contribution is 6.33. The van der Waals surface area contributed by atoms with Crippen molar-refractivity contribution in [3.63, 3.8) is 0 Å². The lowest BCUT2D eigenvalue weighted by Gasteiger charge is -2.12. The number of nitrogens with two attached hydrogens (primary N) is 1. The van der Waals surface area contributed by atoms with E-state index in [4.69, 9.17) is 17.3 Å². The number of hydrogen-bond acceptors (Lipinski definition) is 3. The molecule has 0 amide bonds. The molecule has 1 aromatic heterocycles. The van der Waals surface area contributed by atoms with Crippen molar-refractivity contribution in [1.82, 2.24) is 9.97 Å². The Morgan fingerprint density at radius 3 is 2.95 bits per heavy atom. The molecule has 0 aliphatic heterocycles. The van der Waals surface area contributed by atoms with Gasteiger partial charge < -0.3 is 5.73 Å². The van der Waals surface area contributed by atoms with Gasteiger partial charge in [0.25, 0.3) is 0 Å². The van der Waals surface area contributed by atoms with E-state index in [2.05, 4.69) is 9.97 Å². The van der Waals surface area contributed by atoms with Crippen LogP contribution >= 0.6 is 11.6 Å². The Morgan fingerprint density at radius 1 is 1.30 bits per heavy atom. The van der Waals surface area contributed by atoms with E-state index in [1.165, 1.54) is 12.1 Å². The molecule has 20 heavy (non-hydrogen) atoms. The van der Waals surface area contributed by atoms with Gasteiger partial charge in [-0.15, -0.1) is 0 Å². The molecule has 3 nitrogen and oxygen atoms in total. The molecule has 2 aromatic rings. The first kappa shape index (κ1) is 13.5. The molecule has 1 atom stereocenters. The molecule has 1 unspecified atom stereocenters. The fourth-order valence-electron chi connectivity index (χ4n) is 2.55. The van der Waals surface area contributed by atoms with Gasteiger partial charge in [0.1, 0.15) is 5.82 Å². The first-order valence-corrected chi connectivity index (χ1v) is 7.10. The Bertz CT molecular complexity index is 645. The van der Waals surface area contributed by atoms with Crippen LogP contribution in [0, 0.1) is 5.82 Å². The van der Waals surface area contributed by atoms with Gasteiger partial charge in [-0.05, 0) is 37.5 Å². The van der Waals surface area contributed by atoms with Crippen LogP contribution in [0.25, 0.3) is 11.4 Å². The Labute approximate surface area is 122 Å². The Morgan fingerprint density at radius 2 is 2.15 bits per heavy atom. The van der Waals surface area contributed by atoms with Gasteiger partial charge >= 0.3 is 0 Å². The number of rotatable bonds is 1. The second kappa shape index (κ2) is 5.46. The molecule has 1 aromatic carbocycles. The normalized spacial score (nSPS) is 18.4. The van der Waals surface area contributed by atoms with Crippen LogP contribution in [0.15, 0.2) is 24.4 Å². The average molecular weight is 292 g/mol. The Balaban J connectivity index is 2.05. The van der Waals surface area contributed by atoms with Crippen LogP contribution in [-0.2, 0) is 6.42 Å². The predicted octanol–water partition coefficient (Wildman–Crippen LogP) is 3.66. The molecule has 0 spiro atoms. The van der Waals surface area contributed by atoms with Crippen molar-refractivity contribution in [3.05, 3.63) is 46.5 Å². The monoisotopic (exact) mass is 291 g/mol. The molecule has 0 radical (unpaired) electrons. The second-order valence-electron chi connectivity index (χ2n) is 5.07. The number of halogens is 2. The minimum absolute atomic E-state index is 0.00485. The quantitative estimate of drug-likeness (QED) is 0.816. The number of benzene rings is 1. The molecule has 2 N–H and O–H groups in total. The number of aryl methyl sites for hydroxylation is 1. The summed E-state index contributed by atoms with van der Waals surface area (Å²) in [6.45, 7) is 0. The molecule has 3 rings (SSSR count). The average Bonchev–Trinajstić information content (AvgIpc) is 2.60. The molecule has 1 heterocycles. The highest BCUT2D eigenvalue weighted by Crippen LogP contribution is 2.30. The molecule has 0 saturated heterocycles. The lowest BCUT2D eigenvalue weighted by Crippen LogP contribution is -2.12. The fourth-order valence-corrected chi connectivity index (χ4v) is 2.80. The minimum atomic E-state index is -0.365. The first-order valence-electron chi connectivity index (χ1n) is 6.72. The summed E-state index contributed by atoms with van der Waals surface area (Å²) < 4.78 is 13.1. The Kier molecular flexibility index (Phi) is 3.68. The van der Waals surface area contributed by atoms with Crippen LogP contribution in [0.4, 0.5) is 4.39 Å². The van der Waals surface area contributed by atoms with Crippen molar-refractivity contribution in [2.24, 2.45) is 5.73 Å². The highest BCUT2D eigenvalue weighted by Gasteiger charge is 2.18. The standard InChI is InChI=1S/C15H15ClFN3/c16-12-7-9(17)5-6-10(12)15-19-8-11-13(18)3-1-2-4-14(11)20-15/h5-8,13H,1-4,18H2. The molecule has 1 aliphatic carbocycles. The molecule has 0 saturated carbocycles. The van der Waals surface area contributed by atoms with Crippen LogP contribution in [0.5, 0.6) is 0 Å². The zero-order chi connectivity index (χ0) is 14.1. The maximum atomic E-state index is 13.1. The lowest BCUT2D eigenvalue weighted by molar-refractivity contribution is 0.614. The van der Waals surface area contributed by atoms with Crippen molar-refractivity contribution in [1.29, 1.82) is 0 Å².